The minimum absolute atomic E-state index is 0.0911. The second-order valence-corrected chi connectivity index (χ2v) is 9.90. The molecule has 1 atom stereocenters. The molecule has 29 heavy (non-hydrogen) atoms. The molecule has 0 spiro atoms. The molecule has 6 heteroatoms. The van der Waals surface area contributed by atoms with Crippen molar-refractivity contribution < 1.29 is 13.2 Å². The summed E-state index contributed by atoms with van der Waals surface area (Å²) in [5.74, 6) is -0.0273. The van der Waals surface area contributed by atoms with E-state index < -0.39 is 10.0 Å². The van der Waals surface area contributed by atoms with Gasteiger partial charge >= 0.3 is 0 Å². The van der Waals surface area contributed by atoms with E-state index in [1.54, 1.807) is 12.1 Å². The van der Waals surface area contributed by atoms with Crippen molar-refractivity contribution in [2.45, 2.75) is 53.0 Å². The van der Waals surface area contributed by atoms with Crippen LogP contribution in [0.25, 0.3) is 0 Å². The standard InChI is InChI=1S/C23H30N2O3S/c1-5-21(20-11-8-16(2)14-18(20)4)24-23(26)19-10-9-17(3)22(15-19)25-12-6-7-13-29(25,27)28/h8-11,14-15,21H,5-7,12-13H2,1-4H3,(H,24,26)/t21-/m0/s1. The largest absolute Gasteiger partial charge is 0.345 e. The lowest BCUT2D eigenvalue weighted by Crippen LogP contribution is -2.38. The Bertz CT molecular complexity index is 1010. The molecule has 0 aliphatic carbocycles. The van der Waals surface area contributed by atoms with Crippen LogP contribution >= 0.6 is 0 Å². The average molecular weight is 415 g/mol. The molecule has 0 unspecified atom stereocenters. The number of hydrogen-bond acceptors (Lipinski definition) is 3. The van der Waals surface area contributed by atoms with Crippen LogP contribution in [0, 0.1) is 20.8 Å². The first-order valence-electron chi connectivity index (χ1n) is 10.2. The highest BCUT2D eigenvalue weighted by molar-refractivity contribution is 7.92. The van der Waals surface area contributed by atoms with Crippen LogP contribution in [0.1, 0.15) is 64.8 Å². The maximum Gasteiger partial charge on any atom is 0.251 e. The molecule has 0 aromatic heterocycles. The number of aryl methyl sites for hydroxylation is 3. The number of rotatable bonds is 5. The van der Waals surface area contributed by atoms with Crippen LogP contribution in [0.15, 0.2) is 36.4 Å². The molecular weight excluding hydrogens is 384 g/mol. The van der Waals surface area contributed by atoms with E-state index >= 15 is 0 Å². The summed E-state index contributed by atoms with van der Waals surface area (Å²) in [6, 6.07) is 11.5. The molecule has 2 aromatic carbocycles. The smallest absolute Gasteiger partial charge is 0.251 e. The van der Waals surface area contributed by atoms with Gasteiger partial charge in [-0.1, -0.05) is 36.8 Å². The van der Waals surface area contributed by atoms with Crippen LogP contribution < -0.4 is 9.62 Å². The monoisotopic (exact) mass is 414 g/mol. The first-order valence-corrected chi connectivity index (χ1v) is 11.8. The van der Waals surface area contributed by atoms with Crippen LogP contribution in [0.3, 0.4) is 0 Å². The summed E-state index contributed by atoms with van der Waals surface area (Å²) in [6.07, 6.45) is 2.29. The van der Waals surface area contributed by atoms with Gasteiger partial charge in [0.25, 0.3) is 5.91 Å². The van der Waals surface area contributed by atoms with Crippen LogP contribution in [0.5, 0.6) is 0 Å². The maximum absolute atomic E-state index is 13.0. The maximum atomic E-state index is 13.0. The lowest BCUT2D eigenvalue weighted by Gasteiger charge is -2.30. The van der Waals surface area contributed by atoms with E-state index in [9.17, 15) is 13.2 Å². The van der Waals surface area contributed by atoms with E-state index in [4.69, 9.17) is 0 Å². The Balaban J connectivity index is 1.87. The van der Waals surface area contributed by atoms with Crippen LogP contribution in [-0.4, -0.2) is 26.6 Å². The third-order valence-electron chi connectivity index (χ3n) is 5.60. The van der Waals surface area contributed by atoms with Crippen molar-refractivity contribution in [3.8, 4) is 0 Å². The highest BCUT2D eigenvalue weighted by Gasteiger charge is 2.28. The quantitative estimate of drug-likeness (QED) is 0.787. The van der Waals surface area contributed by atoms with Crippen molar-refractivity contribution in [1.82, 2.24) is 5.32 Å². The molecule has 5 nitrogen and oxygen atoms in total. The van der Waals surface area contributed by atoms with E-state index in [0.29, 0.717) is 24.2 Å². The number of sulfonamides is 1. The summed E-state index contributed by atoms with van der Waals surface area (Å²) in [5, 5.41) is 3.12. The number of amides is 1. The normalized spacial score (nSPS) is 17.0. The van der Waals surface area contributed by atoms with E-state index in [1.807, 2.05) is 19.9 Å². The Morgan fingerprint density at radius 1 is 1.07 bits per heavy atom. The number of carbonyl (C=O) groups is 1. The predicted molar refractivity (Wildman–Crippen MR) is 118 cm³/mol. The summed E-state index contributed by atoms with van der Waals surface area (Å²) in [7, 11) is -3.32. The number of benzene rings is 2. The van der Waals surface area contributed by atoms with E-state index in [2.05, 4.69) is 37.4 Å². The minimum atomic E-state index is -3.32. The molecule has 2 aromatic rings. The second kappa shape index (κ2) is 8.57. The molecule has 156 valence electrons. The molecule has 3 rings (SSSR count). The van der Waals surface area contributed by atoms with Gasteiger partial charge in [-0.2, -0.15) is 0 Å². The van der Waals surface area contributed by atoms with Gasteiger partial charge in [-0.05, 0) is 68.9 Å². The summed E-state index contributed by atoms with van der Waals surface area (Å²) in [4.78, 5) is 13.0. The highest BCUT2D eigenvalue weighted by Crippen LogP contribution is 2.28. The molecular formula is C23H30N2O3S. The summed E-state index contributed by atoms with van der Waals surface area (Å²) >= 11 is 0. The fourth-order valence-corrected chi connectivity index (χ4v) is 5.63. The zero-order chi connectivity index (χ0) is 21.2. The zero-order valence-corrected chi connectivity index (χ0v) is 18.5. The molecule has 0 bridgehead atoms. The average Bonchev–Trinajstić information content (AvgIpc) is 2.67. The van der Waals surface area contributed by atoms with Gasteiger partial charge in [-0.3, -0.25) is 9.10 Å². The first kappa shape index (κ1) is 21.4. The Hall–Kier alpha value is -2.34. The number of nitrogens with zero attached hydrogens (tertiary/aromatic N) is 1. The minimum Gasteiger partial charge on any atom is -0.345 e. The molecule has 1 N–H and O–H groups in total. The fourth-order valence-electron chi connectivity index (χ4n) is 3.94. The van der Waals surface area contributed by atoms with Gasteiger partial charge in [0.2, 0.25) is 10.0 Å². The van der Waals surface area contributed by atoms with Gasteiger partial charge in [0, 0.05) is 12.1 Å². The third kappa shape index (κ3) is 4.64. The molecule has 0 radical (unpaired) electrons. The lowest BCUT2D eigenvalue weighted by atomic mass is 9.97. The number of carbonyl (C=O) groups excluding carboxylic acids is 1. The van der Waals surface area contributed by atoms with Crippen molar-refractivity contribution in [1.29, 1.82) is 0 Å². The second-order valence-electron chi connectivity index (χ2n) is 7.89. The van der Waals surface area contributed by atoms with E-state index in [-0.39, 0.29) is 17.7 Å². The number of nitrogens with one attached hydrogen (secondary N) is 1. The molecule has 1 aliphatic heterocycles. The molecule has 0 saturated carbocycles. The van der Waals surface area contributed by atoms with E-state index in [1.165, 1.54) is 9.87 Å². The molecule has 1 fully saturated rings. The van der Waals surface area contributed by atoms with Gasteiger partial charge in [0.1, 0.15) is 0 Å². The van der Waals surface area contributed by atoms with Gasteiger partial charge in [0.05, 0.1) is 17.5 Å². The van der Waals surface area contributed by atoms with Crippen molar-refractivity contribution in [2.24, 2.45) is 0 Å². The first-order chi connectivity index (χ1) is 13.7. The van der Waals surface area contributed by atoms with Crippen LogP contribution in [0.4, 0.5) is 5.69 Å². The van der Waals surface area contributed by atoms with Crippen LogP contribution in [0.2, 0.25) is 0 Å². The Kier molecular flexibility index (Phi) is 6.32. The Labute approximate surface area is 174 Å². The SMILES string of the molecule is CC[C@H](NC(=O)c1ccc(C)c(N2CCCCS2(=O)=O)c1)c1ccc(C)cc1C. The molecule has 1 saturated heterocycles. The summed E-state index contributed by atoms with van der Waals surface area (Å²) in [5.41, 5.74) is 5.40. The van der Waals surface area contributed by atoms with E-state index in [0.717, 1.165) is 29.5 Å². The van der Waals surface area contributed by atoms with Crippen molar-refractivity contribution in [2.75, 3.05) is 16.6 Å². The van der Waals surface area contributed by atoms with Crippen molar-refractivity contribution in [3.63, 3.8) is 0 Å². The molecule has 1 aliphatic rings. The van der Waals surface area contributed by atoms with Crippen molar-refractivity contribution >= 4 is 21.6 Å². The van der Waals surface area contributed by atoms with Gasteiger partial charge in [0.15, 0.2) is 0 Å². The molecule has 1 heterocycles. The Morgan fingerprint density at radius 3 is 2.48 bits per heavy atom. The lowest BCUT2D eigenvalue weighted by molar-refractivity contribution is 0.0935. The highest BCUT2D eigenvalue weighted by atomic mass is 32.2. The summed E-state index contributed by atoms with van der Waals surface area (Å²) in [6.45, 7) is 8.51. The molecule has 1 amide bonds. The predicted octanol–water partition coefficient (Wildman–Crippen LogP) is 4.42. The fraction of sp³-hybridized carbons (Fsp3) is 0.435. The zero-order valence-electron chi connectivity index (χ0n) is 17.7. The number of anilines is 1. The number of hydrogen-bond donors (Lipinski definition) is 1. The van der Waals surface area contributed by atoms with Gasteiger partial charge < -0.3 is 5.32 Å². The van der Waals surface area contributed by atoms with Gasteiger partial charge in [-0.15, -0.1) is 0 Å². The third-order valence-corrected chi connectivity index (χ3v) is 7.46. The Morgan fingerprint density at radius 2 is 1.83 bits per heavy atom. The summed E-state index contributed by atoms with van der Waals surface area (Å²) < 4.78 is 26.5. The topological polar surface area (TPSA) is 66.5 Å². The van der Waals surface area contributed by atoms with Gasteiger partial charge in [-0.25, -0.2) is 8.42 Å². The van der Waals surface area contributed by atoms with Crippen LogP contribution in [-0.2, 0) is 10.0 Å². The van der Waals surface area contributed by atoms with Crippen molar-refractivity contribution in [3.05, 3.63) is 64.2 Å².